The highest BCUT2D eigenvalue weighted by atomic mass is 16.5. The first-order valence-corrected chi connectivity index (χ1v) is 8.47. The van der Waals surface area contributed by atoms with E-state index in [9.17, 15) is 9.59 Å². The second kappa shape index (κ2) is 8.80. The molecule has 132 valence electrons. The number of hydrogen-bond acceptors (Lipinski definition) is 4. The average molecular weight is 333 g/mol. The summed E-state index contributed by atoms with van der Waals surface area (Å²) in [6, 6.07) is 6.71. The Morgan fingerprint density at radius 2 is 1.75 bits per heavy atom. The number of amides is 2. The average Bonchev–Trinajstić information content (AvgIpc) is 2.59. The van der Waals surface area contributed by atoms with E-state index in [1.54, 1.807) is 24.3 Å². The van der Waals surface area contributed by atoms with Crippen molar-refractivity contribution in [3.8, 4) is 0 Å². The summed E-state index contributed by atoms with van der Waals surface area (Å²) in [5.74, 6) is -0.0658. The molecule has 1 heterocycles. The van der Waals surface area contributed by atoms with E-state index < -0.39 is 5.91 Å². The monoisotopic (exact) mass is 333 g/mol. The fourth-order valence-electron chi connectivity index (χ4n) is 2.95. The first-order valence-electron chi connectivity index (χ1n) is 8.47. The lowest BCUT2D eigenvalue weighted by Gasteiger charge is -2.35. The van der Waals surface area contributed by atoms with Crippen molar-refractivity contribution in [2.45, 2.75) is 26.3 Å². The first kappa shape index (κ1) is 18.4. The Balaban J connectivity index is 1.94. The highest BCUT2D eigenvalue weighted by molar-refractivity contribution is 5.97. The number of rotatable bonds is 7. The summed E-state index contributed by atoms with van der Waals surface area (Å²) in [6.07, 6.45) is 1.03. The summed E-state index contributed by atoms with van der Waals surface area (Å²) < 4.78 is 5.41. The van der Waals surface area contributed by atoms with Gasteiger partial charge in [0.2, 0.25) is 5.91 Å². The summed E-state index contributed by atoms with van der Waals surface area (Å²) in [4.78, 5) is 25.8. The molecule has 6 nitrogen and oxygen atoms in total. The molecule has 1 saturated heterocycles. The van der Waals surface area contributed by atoms with Crippen molar-refractivity contribution in [2.75, 3.05) is 32.8 Å². The van der Waals surface area contributed by atoms with Crippen LogP contribution in [0.4, 0.5) is 0 Å². The third-order valence-corrected chi connectivity index (χ3v) is 4.24. The molecule has 6 heteroatoms. The predicted octanol–water partition coefficient (Wildman–Crippen LogP) is 1.26. The lowest BCUT2D eigenvalue weighted by molar-refractivity contribution is 0.0124. The van der Waals surface area contributed by atoms with E-state index in [1.165, 1.54) is 0 Å². The molecule has 1 atom stereocenters. The van der Waals surface area contributed by atoms with E-state index in [4.69, 9.17) is 10.5 Å². The van der Waals surface area contributed by atoms with E-state index in [1.807, 2.05) is 0 Å². The van der Waals surface area contributed by atoms with Crippen molar-refractivity contribution < 1.29 is 14.3 Å². The minimum Gasteiger partial charge on any atom is -0.379 e. The first-order chi connectivity index (χ1) is 11.5. The quantitative estimate of drug-likeness (QED) is 0.787. The van der Waals surface area contributed by atoms with Crippen LogP contribution in [0.15, 0.2) is 24.3 Å². The van der Waals surface area contributed by atoms with Crippen LogP contribution in [-0.4, -0.2) is 55.6 Å². The van der Waals surface area contributed by atoms with Crippen LogP contribution in [0.1, 0.15) is 41.0 Å². The molecule has 1 fully saturated rings. The van der Waals surface area contributed by atoms with Crippen LogP contribution in [0.2, 0.25) is 0 Å². The van der Waals surface area contributed by atoms with Crippen LogP contribution in [-0.2, 0) is 4.74 Å². The van der Waals surface area contributed by atoms with Crippen LogP contribution < -0.4 is 11.1 Å². The number of nitrogens with two attached hydrogens (primary N) is 1. The summed E-state index contributed by atoms with van der Waals surface area (Å²) in [7, 11) is 0. The third kappa shape index (κ3) is 5.32. The Bertz CT molecular complexity index is 551. The molecular weight excluding hydrogens is 306 g/mol. The van der Waals surface area contributed by atoms with Gasteiger partial charge in [0.25, 0.3) is 5.91 Å². The van der Waals surface area contributed by atoms with Crippen LogP contribution >= 0.6 is 0 Å². The molecule has 2 rings (SSSR count). The van der Waals surface area contributed by atoms with E-state index in [0.29, 0.717) is 29.6 Å². The van der Waals surface area contributed by atoms with Crippen LogP contribution in [0, 0.1) is 5.92 Å². The number of carbonyl (C=O) groups excluding carboxylic acids is 2. The van der Waals surface area contributed by atoms with Crippen molar-refractivity contribution in [3.63, 3.8) is 0 Å². The van der Waals surface area contributed by atoms with Gasteiger partial charge in [-0.25, -0.2) is 0 Å². The summed E-state index contributed by atoms with van der Waals surface area (Å²) in [5, 5.41) is 3.01. The van der Waals surface area contributed by atoms with Gasteiger partial charge in [-0.3, -0.25) is 14.5 Å². The lowest BCUT2D eigenvalue weighted by atomic mass is 10.0. The zero-order chi connectivity index (χ0) is 17.5. The number of nitrogens with zero attached hydrogens (tertiary/aromatic N) is 1. The number of carbonyl (C=O) groups is 2. The van der Waals surface area contributed by atoms with Gasteiger partial charge in [-0.05, 0) is 36.6 Å². The minimum atomic E-state index is -0.494. The summed E-state index contributed by atoms with van der Waals surface area (Å²) >= 11 is 0. The van der Waals surface area contributed by atoms with Gasteiger partial charge in [-0.15, -0.1) is 0 Å². The van der Waals surface area contributed by atoms with Gasteiger partial charge in [0.1, 0.15) is 0 Å². The molecule has 1 unspecified atom stereocenters. The molecule has 0 spiro atoms. The van der Waals surface area contributed by atoms with Gasteiger partial charge in [0, 0.05) is 36.8 Å². The third-order valence-electron chi connectivity index (χ3n) is 4.24. The van der Waals surface area contributed by atoms with Gasteiger partial charge in [-0.1, -0.05) is 13.8 Å². The normalized spacial score (nSPS) is 16.8. The highest BCUT2D eigenvalue weighted by Crippen LogP contribution is 2.13. The topological polar surface area (TPSA) is 84.7 Å². The zero-order valence-electron chi connectivity index (χ0n) is 14.5. The van der Waals surface area contributed by atoms with E-state index in [-0.39, 0.29) is 5.91 Å². The maximum Gasteiger partial charge on any atom is 0.251 e. The molecule has 2 amide bonds. The summed E-state index contributed by atoms with van der Waals surface area (Å²) in [5.41, 5.74) is 6.15. The lowest BCUT2D eigenvalue weighted by Crippen LogP contribution is -2.49. The van der Waals surface area contributed by atoms with Crippen LogP contribution in [0.3, 0.4) is 0 Å². The fourth-order valence-corrected chi connectivity index (χ4v) is 2.95. The summed E-state index contributed by atoms with van der Waals surface area (Å²) in [6.45, 7) is 8.29. The maximum absolute atomic E-state index is 12.3. The molecule has 1 aliphatic rings. The van der Waals surface area contributed by atoms with E-state index >= 15 is 0 Å². The smallest absolute Gasteiger partial charge is 0.251 e. The van der Waals surface area contributed by atoms with E-state index in [0.717, 1.165) is 32.7 Å². The number of morpholine rings is 1. The Morgan fingerprint density at radius 3 is 2.29 bits per heavy atom. The molecule has 0 aliphatic carbocycles. The molecule has 0 radical (unpaired) electrons. The van der Waals surface area contributed by atoms with E-state index in [2.05, 4.69) is 24.1 Å². The maximum atomic E-state index is 12.3. The molecular formula is C18H27N3O3. The molecule has 0 saturated carbocycles. The van der Waals surface area contributed by atoms with Gasteiger partial charge in [0.05, 0.1) is 13.2 Å². The van der Waals surface area contributed by atoms with Crippen molar-refractivity contribution >= 4 is 11.8 Å². The fraction of sp³-hybridized carbons (Fsp3) is 0.556. The number of nitrogens with one attached hydrogen (secondary N) is 1. The highest BCUT2D eigenvalue weighted by Gasteiger charge is 2.22. The van der Waals surface area contributed by atoms with Gasteiger partial charge in [-0.2, -0.15) is 0 Å². The molecule has 0 bridgehead atoms. The zero-order valence-corrected chi connectivity index (χ0v) is 14.5. The predicted molar refractivity (Wildman–Crippen MR) is 92.9 cm³/mol. The molecule has 3 N–H and O–H groups in total. The Labute approximate surface area is 143 Å². The molecule has 1 aromatic rings. The van der Waals surface area contributed by atoms with Crippen molar-refractivity contribution in [2.24, 2.45) is 11.7 Å². The molecule has 0 aromatic heterocycles. The number of primary amides is 1. The van der Waals surface area contributed by atoms with Gasteiger partial charge >= 0.3 is 0 Å². The van der Waals surface area contributed by atoms with Crippen molar-refractivity contribution in [1.82, 2.24) is 10.2 Å². The van der Waals surface area contributed by atoms with Crippen LogP contribution in [0.5, 0.6) is 0 Å². The largest absolute Gasteiger partial charge is 0.379 e. The molecule has 24 heavy (non-hydrogen) atoms. The second-order valence-electron chi connectivity index (χ2n) is 6.58. The minimum absolute atomic E-state index is 0.131. The standard InChI is InChI=1S/C18H27N3O3/c1-13(2)11-16(21-7-9-24-10-8-21)12-20-18(23)15-5-3-14(4-6-15)17(19)22/h3-6,13,16H,7-12H2,1-2H3,(H2,19,22)(H,20,23). The van der Waals surface area contributed by atoms with Crippen LogP contribution in [0.25, 0.3) is 0 Å². The molecule has 1 aliphatic heterocycles. The van der Waals surface area contributed by atoms with Gasteiger partial charge < -0.3 is 15.8 Å². The number of ether oxygens (including phenoxy) is 1. The van der Waals surface area contributed by atoms with Crippen molar-refractivity contribution in [3.05, 3.63) is 35.4 Å². The molecule has 1 aromatic carbocycles. The second-order valence-corrected chi connectivity index (χ2v) is 6.58. The Morgan fingerprint density at radius 1 is 1.17 bits per heavy atom. The Hall–Kier alpha value is -1.92. The Kier molecular flexibility index (Phi) is 6.75. The van der Waals surface area contributed by atoms with Crippen molar-refractivity contribution in [1.29, 1.82) is 0 Å². The number of hydrogen-bond donors (Lipinski definition) is 2. The number of benzene rings is 1. The van der Waals surface area contributed by atoms with Gasteiger partial charge in [0.15, 0.2) is 0 Å². The SMILES string of the molecule is CC(C)CC(CNC(=O)c1ccc(C(N)=O)cc1)N1CCOCC1.